The molecule has 3 aromatic carbocycles. The summed E-state index contributed by atoms with van der Waals surface area (Å²) < 4.78 is 23.0. The summed E-state index contributed by atoms with van der Waals surface area (Å²) in [6.45, 7) is 0.689. The molecule has 1 atom stereocenters. The van der Waals surface area contributed by atoms with Crippen molar-refractivity contribution in [3.63, 3.8) is 0 Å². The van der Waals surface area contributed by atoms with Gasteiger partial charge in [0.25, 0.3) is 0 Å². The maximum Gasteiger partial charge on any atom is 0.244 e. The maximum atomic E-state index is 13.1. The van der Waals surface area contributed by atoms with Crippen LogP contribution in [0.1, 0.15) is 27.6 Å². The molecule has 4 nitrogen and oxygen atoms in total. The van der Waals surface area contributed by atoms with Gasteiger partial charge in [0, 0.05) is 36.8 Å². The normalized spacial score (nSPS) is 12.0. The number of imidazole rings is 1. The Kier molecular flexibility index (Phi) is 8.47. The lowest BCUT2D eigenvalue weighted by Crippen LogP contribution is -2.36. The van der Waals surface area contributed by atoms with Gasteiger partial charge in [-0.2, -0.15) is 0 Å². The highest BCUT2D eigenvalue weighted by Gasteiger charge is 2.21. The molecule has 0 saturated heterocycles. The summed E-state index contributed by atoms with van der Waals surface area (Å²) in [6.07, 6.45) is 4.96. The molecule has 9 heteroatoms. The second kappa shape index (κ2) is 11.5. The average Bonchev–Trinajstić information content (AvgIpc) is 3.25. The molecule has 4 rings (SSSR count). The van der Waals surface area contributed by atoms with Gasteiger partial charge < -0.3 is 4.74 Å². The van der Waals surface area contributed by atoms with Gasteiger partial charge in [0.2, 0.25) is 12.1 Å². The Labute approximate surface area is 222 Å². The average molecular weight is 553 g/mol. The molecule has 0 bridgehead atoms. The zero-order chi connectivity index (χ0) is 24.9. The van der Waals surface area contributed by atoms with Crippen LogP contribution in [0.5, 0.6) is 0 Å². The van der Waals surface area contributed by atoms with E-state index in [4.69, 9.17) is 51.1 Å². The fourth-order valence-electron chi connectivity index (χ4n) is 3.58. The first-order valence-electron chi connectivity index (χ1n) is 10.6. The summed E-state index contributed by atoms with van der Waals surface area (Å²) in [5.41, 5.74) is 1.87. The monoisotopic (exact) mass is 551 g/mol. The van der Waals surface area contributed by atoms with E-state index in [1.807, 2.05) is 16.8 Å². The van der Waals surface area contributed by atoms with Gasteiger partial charge in [-0.3, -0.25) is 4.79 Å². The number of rotatable bonds is 9. The molecule has 1 aromatic heterocycles. The SMILES string of the molecule is O=C(C[n+]1ccn(CC(OCc2c(Cl)cccc2Cl)c2ccc(Cl)cc2Cl)c1)c1ccc(F)cc1. The molecule has 1 heterocycles. The molecular formula is C26H20Cl4FN2O2+. The van der Waals surface area contributed by atoms with Gasteiger partial charge in [-0.05, 0) is 48.5 Å². The summed E-state index contributed by atoms with van der Waals surface area (Å²) >= 11 is 25.2. The Morgan fingerprint density at radius 3 is 2.37 bits per heavy atom. The third-order valence-corrected chi connectivity index (χ3v) is 6.69. The van der Waals surface area contributed by atoms with Gasteiger partial charge in [-0.25, -0.2) is 13.5 Å². The van der Waals surface area contributed by atoms with Gasteiger partial charge in [-0.1, -0.05) is 58.5 Å². The van der Waals surface area contributed by atoms with Crippen LogP contribution in [0.2, 0.25) is 20.1 Å². The van der Waals surface area contributed by atoms with Crippen molar-refractivity contribution in [2.75, 3.05) is 0 Å². The van der Waals surface area contributed by atoms with Gasteiger partial charge in [0.15, 0.2) is 6.54 Å². The lowest BCUT2D eigenvalue weighted by atomic mass is 10.1. The summed E-state index contributed by atoms with van der Waals surface area (Å²) in [5.74, 6) is -0.514. The number of carbonyl (C=O) groups excluding carboxylic acids is 1. The Hall–Kier alpha value is -2.41. The standard InChI is InChI=1S/C26H20Cl4FN2O2/c27-18-6-9-20(24(30)12-18)26(35-15-21-22(28)2-1-3-23(21)29)14-33-11-10-32(16-33)13-25(34)17-4-7-19(31)8-5-17/h1-12,16,26H,13-15H2/q+1. The quantitative estimate of drug-likeness (QED) is 0.160. The number of hydrogen-bond donors (Lipinski definition) is 0. The molecule has 0 aliphatic rings. The summed E-state index contributed by atoms with van der Waals surface area (Å²) in [4.78, 5) is 12.5. The van der Waals surface area contributed by atoms with E-state index in [0.29, 0.717) is 37.8 Å². The predicted octanol–water partition coefficient (Wildman–Crippen LogP) is 7.37. The van der Waals surface area contributed by atoms with Crippen LogP contribution in [-0.2, 0) is 24.4 Å². The molecule has 0 aliphatic carbocycles. The smallest absolute Gasteiger partial charge is 0.244 e. The van der Waals surface area contributed by atoms with E-state index in [0.717, 1.165) is 5.56 Å². The van der Waals surface area contributed by atoms with E-state index in [1.165, 1.54) is 24.3 Å². The number of ether oxygens (including phenoxy) is 1. The number of halogens is 5. The molecule has 0 radical (unpaired) electrons. The number of Topliss-reactive ketones (excluding diaryl/α,β-unsaturated/α-hetero) is 1. The number of carbonyl (C=O) groups is 1. The number of ketones is 1. The van der Waals surface area contributed by atoms with Crippen molar-refractivity contribution < 1.29 is 18.5 Å². The Morgan fingerprint density at radius 1 is 0.971 bits per heavy atom. The summed E-state index contributed by atoms with van der Waals surface area (Å²) in [6, 6.07) is 16.0. The van der Waals surface area contributed by atoms with E-state index in [2.05, 4.69) is 0 Å². The van der Waals surface area contributed by atoms with Crippen LogP contribution in [-0.4, -0.2) is 10.4 Å². The van der Waals surface area contributed by atoms with Crippen LogP contribution in [0.3, 0.4) is 0 Å². The van der Waals surface area contributed by atoms with Crippen molar-refractivity contribution in [1.82, 2.24) is 4.57 Å². The van der Waals surface area contributed by atoms with Gasteiger partial charge >= 0.3 is 0 Å². The molecular weight excluding hydrogens is 533 g/mol. The van der Waals surface area contributed by atoms with Gasteiger partial charge in [0.1, 0.15) is 30.9 Å². The number of benzene rings is 3. The Balaban J connectivity index is 1.52. The van der Waals surface area contributed by atoms with Crippen LogP contribution in [0.25, 0.3) is 0 Å². The van der Waals surface area contributed by atoms with Crippen molar-refractivity contribution in [3.05, 3.63) is 122 Å². The lowest BCUT2D eigenvalue weighted by molar-refractivity contribution is -0.682. The largest absolute Gasteiger partial charge is 0.365 e. The third kappa shape index (κ3) is 6.63. The second-order valence-electron chi connectivity index (χ2n) is 7.88. The summed E-state index contributed by atoms with van der Waals surface area (Å²) in [7, 11) is 0. The van der Waals surface area contributed by atoms with Crippen molar-refractivity contribution in [3.8, 4) is 0 Å². The van der Waals surface area contributed by atoms with Crippen LogP contribution in [0.15, 0.2) is 79.4 Å². The van der Waals surface area contributed by atoms with Gasteiger partial charge in [0.05, 0.1) is 6.61 Å². The number of hydrogen-bond acceptors (Lipinski definition) is 2. The first-order valence-corrected chi connectivity index (χ1v) is 12.1. The predicted molar refractivity (Wildman–Crippen MR) is 136 cm³/mol. The maximum absolute atomic E-state index is 13.1. The van der Waals surface area contributed by atoms with Crippen molar-refractivity contribution in [2.24, 2.45) is 0 Å². The molecule has 35 heavy (non-hydrogen) atoms. The van der Waals surface area contributed by atoms with Crippen molar-refractivity contribution >= 4 is 52.2 Å². The Bertz CT molecular complexity index is 1320. The first kappa shape index (κ1) is 25.7. The molecule has 0 aliphatic heterocycles. The molecule has 4 aromatic rings. The molecule has 0 saturated carbocycles. The number of aromatic nitrogens is 2. The minimum atomic E-state index is -0.458. The molecule has 1 unspecified atom stereocenters. The van der Waals surface area contributed by atoms with E-state index >= 15 is 0 Å². The summed E-state index contributed by atoms with van der Waals surface area (Å²) in [5, 5.41) is 2.01. The third-order valence-electron chi connectivity index (χ3n) is 5.42. The van der Waals surface area contributed by atoms with E-state index in [1.54, 1.807) is 47.4 Å². The lowest BCUT2D eigenvalue weighted by Gasteiger charge is -2.19. The van der Waals surface area contributed by atoms with Crippen LogP contribution in [0.4, 0.5) is 4.39 Å². The number of nitrogens with zero attached hydrogens (tertiary/aromatic N) is 2. The molecule has 180 valence electrons. The minimum Gasteiger partial charge on any atom is -0.365 e. The zero-order valence-corrected chi connectivity index (χ0v) is 21.3. The molecule has 0 spiro atoms. The fourth-order valence-corrected chi connectivity index (χ4v) is 4.62. The topological polar surface area (TPSA) is 35.1 Å². The Morgan fingerprint density at radius 2 is 1.69 bits per heavy atom. The van der Waals surface area contributed by atoms with Crippen LogP contribution in [0, 0.1) is 5.82 Å². The highest BCUT2D eigenvalue weighted by molar-refractivity contribution is 6.36. The minimum absolute atomic E-state index is 0.112. The van der Waals surface area contributed by atoms with Gasteiger partial charge in [-0.15, -0.1) is 0 Å². The first-order chi connectivity index (χ1) is 16.8. The molecule has 0 N–H and O–H groups in total. The van der Waals surface area contributed by atoms with E-state index in [9.17, 15) is 9.18 Å². The highest BCUT2D eigenvalue weighted by Crippen LogP contribution is 2.32. The van der Waals surface area contributed by atoms with Crippen molar-refractivity contribution in [2.45, 2.75) is 25.8 Å². The second-order valence-corrected chi connectivity index (χ2v) is 9.54. The fraction of sp³-hybridized carbons (Fsp3) is 0.154. The van der Waals surface area contributed by atoms with E-state index in [-0.39, 0.29) is 24.8 Å². The van der Waals surface area contributed by atoms with E-state index < -0.39 is 6.10 Å². The van der Waals surface area contributed by atoms with Crippen molar-refractivity contribution in [1.29, 1.82) is 0 Å². The molecule has 0 amide bonds. The highest BCUT2D eigenvalue weighted by atomic mass is 35.5. The molecule has 0 fully saturated rings. The van der Waals surface area contributed by atoms with Crippen LogP contribution >= 0.6 is 46.4 Å². The van der Waals surface area contributed by atoms with Crippen LogP contribution < -0.4 is 4.57 Å². The zero-order valence-electron chi connectivity index (χ0n) is 18.3.